The van der Waals surface area contributed by atoms with Crippen LogP contribution in [0.1, 0.15) is 10.4 Å². The molecule has 1 aromatic carbocycles. The van der Waals surface area contributed by atoms with Gasteiger partial charge >= 0.3 is 0 Å². The highest BCUT2D eigenvalue weighted by molar-refractivity contribution is 7.08. The van der Waals surface area contributed by atoms with Crippen LogP contribution in [0.25, 0.3) is 0 Å². The summed E-state index contributed by atoms with van der Waals surface area (Å²) in [5.41, 5.74) is 1.21. The molecule has 4 nitrogen and oxygen atoms in total. The van der Waals surface area contributed by atoms with Crippen molar-refractivity contribution in [2.24, 2.45) is 0 Å². The van der Waals surface area contributed by atoms with Crippen LogP contribution in [-0.2, 0) is 0 Å². The molecule has 17 heavy (non-hydrogen) atoms. The third kappa shape index (κ3) is 1.64. The van der Waals surface area contributed by atoms with Gasteiger partial charge in [0.15, 0.2) is 11.5 Å². The summed E-state index contributed by atoms with van der Waals surface area (Å²) in [4.78, 5) is 11.9. The number of hydrogen-bond donors (Lipinski definition) is 1. The molecule has 1 N–H and O–H groups in total. The monoisotopic (exact) mass is 247 g/mol. The van der Waals surface area contributed by atoms with Crippen molar-refractivity contribution in [3.05, 3.63) is 34.5 Å². The minimum absolute atomic E-state index is 0.148. The second kappa shape index (κ2) is 3.78. The normalized spacial score (nSPS) is 12.9. The zero-order valence-corrected chi connectivity index (χ0v) is 9.84. The van der Waals surface area contributed by atoms with Crippen molar-refractivity contribution >= 4 is 22.9 Å². The van der Waals surface area contributed by atoms with Gasteiger partial charge in [-0.25, -0.2) is 0 Å². The molecule has 0 unspecified atom stereocenters. The van der Waals surface area contributed by atoms with Crippen molar-refractivity contribution in [1.82, 2.24) is 0 Å². The van der Waals surface area contributed by atoms with Gasteiger partial charge in [-0.1, -0.05) is 0 Å². The van der Waals surface area contributed by atoms with Crippen molar-refractivity contribution in [2.75, 3.05) is 12.4 Å². The Balaban J connectivity index is 2.12. The molecule has 0 bridgehead atoms. The topological polar surface area (TPSA) is 47.6 Å². The molecule has 0 saturated heterocycles. The van der Waals surface area contributed by atoms with Crippen LogP contribution >= 0.6 is 11.3 Å². The number of benzene rings is 1. The molecule has 1 aromatic heterocycles. The van der Waals surface area contributed by atoms with Gasteiger partial charge in [0.05, 0.1) is 18.4 Å². The number of hydrogen-bond acceptors (Lipinski definition) is 4. The van der Waals surface area contributed by atoms with Crippen LogP contribution in [0.4, 0.5) is 5.69 Å². The zero-order chi connectivity index (χ0) is 11.8. The zero-order valence-electron chi connectivity index (χ0n) is 9.02. The quantitative estimate of drug-likeness (QED) is 0.842. The molecule has 1 amide bonds. The highest BCUT2D eigenvalue weighted by atomic mass is 32.1. The fraction of sp³-hybridized carbons (Fsp3) is 0.0833. The minimum atomic E-state index is -0.148. The van der Waals surface area contributed by atoms with Gasteiger partial charge in [0, 0.05) is 16.8 Å². The number of ether oxygens (including phenoxy) is 2. The number of carbonyl (C=O) groups is 1. The largest absolute Gasteiger partial charge is 0.497 e. The fourth-order valence-corrected chi connectivity index (χ4v) is 2.38. The molecule has 5 heteroatoms. The van der Waals surface area contributed by atoms with Crippen LogP contribution in [0.15, 0.2) is 29.0 Å². The summed E-state index contributed by atoms with van der Waals surface area (Å²) < 4.78 is 10.8. The van der Waals surface area contributed by atoms with E-state index in [0.717, 1.165) is 0 Å². The molecule has 0 aliphatic carbocycles. The Morgan fingerprint density at radius 1 is 1.29 bits per heavy atom. The number of carbonyl (C=O) groups excluding carboxylic acids is 1. The fourth-order valence-electron chi connectivity index (χ4n) is 1.66. The number of rotatable bonds is 1. The first kappa shape index (κ1) is 10.2. The van der Waals surface area contributed by atoms with Crippen LogP contribution in [0.2, 0.25) is 0 Å². The molecule has 0 spiro atoms. The predicted molar refractivity (Wildman–Crippen MR) is 65.3 cm³/mol. The van der Waals surface area contributed by atoms with E-state index in [1.165, 1.54) is 11.3 Å². The molecule has 0 fully saturated rings. The van der Waals surface area contributed by atoms with E-state index in [1.807, 2.05) is 5.38 Å². The standard InChI is InChI=1S/C12H9NO3S/c1-15-7-2-3-9-10(4-7)16-11-6-17-5-8(11)12(14)13-9/h2-6H,1H3,(H,13,14). The lowest BCUT2D eigenvalue weighted by Gasteiger charge is -2.08. The molecule has 1 aliphatic heterocycles. The summed E-state index contributed by atoms with van der Waals surface area (Å²) in [7, 11) is 1.59. The van der Waals surface area contributed by atoms with Gasteiger partial charge in [-0.15, -0.1) is 11.3 Å². The number of amides is 1. The molecule has 86 valence electrons. The molecule has 0 saturated carbocycles. The van der Waals surface area contributed by atoms with Crippen LogP contribution in [0.3, 0.4) is 0 Å². The Labute approximate surface area is 102 Å². The van der Waals surface area contributed by atoms with Gasteiger partial charge in [0.1, 0.15) is 5.75 Å². The minimum Gasteiger partial charge on any atom is -0.497 e. The maximum Gasteiger partial charge on any atom is 0.260 e. The summed E-state index contributed by atoms with van der Waals surface area (Å²) in [5, 5.41) is 6.38. The summed E-state index contributed by atoms with van der Waals surface area (Å²) in [5.74, 6) is 1.72. The molecular formula is C12H9NO3S. The Hall–Kier alpha value is -2.01. The lowest BCUT2D eigenvalue weighted by molar-refractivity contribution is 0.102. The number of thiophene rings is 1. The number of fused-ring (bicyclic) bond motifs is 2. The van der Waals surface area contributed by atoms with E-state index >= 15 is 0 Å². The van der Waals surface area contributed by atoms with Gasteiger partial charge in [-0.05, 0) is 12.1 Å². The summed E-state index contributed by atoms with van der Waals surface area (Å²) in [6, 6.07) is 5.30. The van der Waals surface area contributed by atoms with Gasteiger partial charge in [-0.3, -0.25) is 4.79 Å². The maximum atomic E-state index is 11.9. The smallest absolute Gasteiger partial charge is 0.260 e. The van der Waals surface area contributed by atoms with Crippen molar-refractivity contribution in [3.63, 3.8) is 0 Å². The van der Waals surface area contributed by atoms with Crippen LogP contribution < -0.4 is 14.8 Å². The van der Waals surface area contributed by atoms with Crippen LogP contribution in [0, 0.1) is 0 Å². The Kier molecular flexibility index (Phi) is 2.26. The average Bonchev–Trinajstić information content (AvgIpc) is 2.75. The summed E-state index contributed by atoms with van der Waals surface area (Å²) >= 11 is 1.44. The van der Waals surface area contributed by atoms with Crippen molar-refractivity contribution in [1.29, 1.82) is 0 Å². The van der Waals surface area contributed by atoms with E-state index in [9.17, 15) is 4.79 Å². The summed E-state index contributed by atoms with van der Waals surface area (Å²) in [6.07, 6.45) is 0. The Morgan fingerprint density at radius 2 is 2.18 bits per heavy atom. The molecule has 2 aromatic rings. The van der Waals surface area contributed by atoms with Crippen molar-refractivity contribution in [3.8, 4) is 17.2 Å². The maximum absolute atomic E-state index is 11.9. The SMILES string of the molecule is COc1ccc2c(c1)Oc1cscc1C(=O)N2. The van der Waals surface area contributed by atoms with Crippen molar-refractivity contribution in [2.45, 2.75) is 0 Å². The van der Waals surface area contributed by atoms with Gasteiger partial charge in [-0.2, -0.15) is 0 Å². The van der Waals surface area contributed by atoms with E-state index in [4.69, 9.17) is 9.47 Å². The van der Waals surface area contributed by atoms with Crippen LogP contribution in [0.5, 0.6) is 17.2 Å². The van der Waals surface area contributed by atoms with Gasteiger partial charge in [0.2, 0.25) is 0 Å². The molecule has 2 heterocycles. The Morgan fingerprint density at radius 3 is 3.00 bits per heavy atom. The molecule has 0 radical (unpaired) electrons. The first-order chi connectivity index (χ1) is 8.28. The average molecular weight is 247 g/mol. The predicted octanol–water partition coefficient (Wildman–Crippen LogP) is 3.11. The van der Waals surface area contributed by atoms with Crippen LogP contribution in [-0.4, -0.2) is 13.0 Å². The van der Waals surface area contributed by atoms with E-state index in [0.29, 0.717) is 28.5 Å². The third-order valence-corrected chi connectivity index (χ3v) is 3.25. The van der Waals surface area contributed by atoms with Crippen molar-refractivity contribution < 1.29 is 14.3 Å². The van der Waals surface area contributed by atoms with E-state index in [1.54, 1.807) is 30.7 Å². The van der Waals surface area contributed by atoms with E-state index < -0.39 is 0 Å². The first-order valence-corrected chi connectivity index (χ1v) is 5.95. The summed E-state index contributed by atoms with van der Waals surface area (Å²) in [6.45, 7) is 0. The Bertz CT molecular complexity index is 591. The highest BCUT2D eigenvalue weighted by Gasteiger charge is 2.21. The second-order valence-corrected chi connectivity index (χ2v) is 4.31. The molecule has 3 rings (SSSR count). The lowest BCUT2D eigenvalue weighted by Crippen LogP contribution is -2.09. The molecule has 1 aliphatic rings. The highest BCUT2D eigenvalue weighted by Crippen LogP contribution is 2.39. The molecule has 0 atom stereocenters. The number of methoxy groups -OCH3 is 1. The van der Waals surface area contributed by atoms with Gasteiger partial charge < -0.3 is 14.8 Å². The van der Waals surface area contributed by atoms with E-state index in [-0.39, 0.29) is 5.91 Å². The number of nitrogens with one attached hydrogen (secondary N) is 1. The third-order valence-electron chi connectivity index (χ3n) is 2.53. The first-order valence-electron chi connectivity index (χ1n) is 5.01. The lowest BCUT2D eigenvalue weighted by atomic mass is 10.2. The van der Waals surface area contributed by atoms with E-state index in [2.05, 4.69) is 5.32 Å². The second-order valence-electron chi connectivity index (χ2n) is 3.57. The molecular weight excluding hydrogens is 238 g/mol. The number of anilines is 1. The van der Waals surface area contributed by atoms with Gasteiger partial charge in [0.25, 0.3) is 5.91 Å².